The number of hydrogen-bond acceptors (Lipinski definition) is 2. The summed E-state index contributed by atoms with van der Waals surface area (Å²) in [7, 11) is 1.71. The van der Waals surface area contributed by atoms with Gasteiger partial charge in [-0.3, -0.25) is 0 Å². The average Bonchev–Trinajstić information content (AvgIpc) is 2.22. The Hall–Kier alpha value is -0.250. The second-order valence-electron chi connectivity index (χ2n) is 3.50. The molecule has 0 heterocycles. The molecule has 1 rings (SSSR count). The van der Waals surface area contributed by atoms with Crippen LogP contribution >= 0.6 is 27.5 Å². The van der Waals surface area contributed by atoms with Gasteiger partial charge in [0.15, 0.2) is 0 Å². The predicted molar refractivity (Wildman–Crippen MR) is 68.7 cm³/mol. The van der Waals surface area contributed by atoms with Crippen LogP contribution in [0.4, 0.5) is 5.69 Å². The molecule has 0 spiro atoms. The zero-order valence-electron chi connectivity index (χ0n) is 9.05. The Morgan fingerprint density at radius 1 is 1.40 bits per heavy atom. The molecule has 1 aromatic rings. The first-order valence-corrected chi connectivity index (χ1v) is 5.96. The van der Waals surface area contributed by atoms with Gasteiger partial charge in [-0.2, -0.15) is 0 Å². The maximum absolute atomic E-state index is 5.99. The first-order chi connectivity index (χ1) is 7.04. The summed E-state index contributed by atoms with van der Waals surface area (Å²) in [6.45, 7) is 4.10. The monoisotopic (exact) mass is 291 g/mol. The second-order valence-corrected chi connectivity index (χ2v) is 4.76. The highest BCUT2D eigenvalue weighted by Gasteiger charge is 2.10. The molecule has 1 N–H and O–H groups in total. The van der Waals surface area contributed by atoms with E-state index in [4.69, 9.17) is 16.3 Å². The van der Waals surface area contributed by atoms with Gasteiger partial charge in [0.25, 0.3) is 0 Å². The summed E-state index contributed by atoms with van der Waals surface area (Å²) >= 11 is 9.35. The van der Waals surface area contributed by atoms with Crippen molar-refractivity contribution in [3.8, 4) is 0 Å². The molecule has 2 unspecified atom stereocenters. The van der Waals surface area contributed by atoms with Gasteiger partial charge in [-0.1, -0.05) is 11.6 Å². The Bertz CT molecular complexity index is 332. The van der Waals surface area contributed by atoms with E-state index >= 15 is 0 Å². The predicted octanol–water partition coefficient (Wildman–Crippen LogP) is 3.94. The Morgan fingerprint density at radius 3 is 2.60 bits per heavy atom. The summed E-state index contributed by atoms with van der Waals surface area (Å²) in [6.07, 6.45) is 0.160. The van der Waals surface area contributed by atoms with Gasteiger partial charge in [-0.15, -0.1) is 0 Å². The zero-order valence-corrected chi connectivity index (χ0v) is 11.4. The standard InChI is InChI=1S/C11H15BrClNO/c1-7(8(2)15-3)14-9-4-5-10(12)11(13)6-9/h4-8,14H,1-3H3. The summed E-state index contributed by atoms with van der Waals surface area (Å²) in [5, 5.41) is 4.04. The van der Waals surface area contributed by atoms with Gasteiger partial charge >= 0.3 is 0 Å². The van der Waals surface area contributed by atoms with E-state index in [9.17, 15) is 0 Å². The van der Waals surface area contributed by atoms with Gasteiger partial charge in [-0.25, -0.2) is 0 Å². The molecule has 2 nitrogen and oxygen atoms in total. The lowest BCUT2D eigenvalue weighted by molar-refractivity contribution is 0.106. The zero-order chi connectivity index (χ0) is 11.4. The normalized spacial score (nSPS) is 14.7. The number of halogens is 2. The molecule has 15 heavy (non-hydrogen) atoms. The quantitative estimate of drug-likeness (QED) is 0.907. The number of benzene rings is 1. The molecule has 0 aliphatic carbocycles. The van der Waals surface area contributed by atoms with Crippen molar-refractivity contribution in [2.75, 3.05) is 12.4 Å². The number of rotatable bonds is 4. The van der Waals surface area contributed by atoms with Crippen molar-refractivity contribution in [3.05, 3.63) is 27.7 Å². The first kappa shape index (κ1) is 12.8. The third-order valence-electron chi connectivity index (χ3n) is 2.39. The third-order valence-corrected chi connectivity index (χ3v) is 3.62. The van der Waals surface area contributed by atoms with Gasteiger partial charge in [0.1, 0.15) is 0 Å². The van der Waals surface area contributed by atoms with E-state index in [0.29, 0.717) is 5.02 Å². The Kier molecular flexibility index (Phi) is 4.90. The number of ether oxygens (including phenoxy) is 1. The maximum Gasteiger partial charge on any atom is 0.0741 e. The Labute approximate surface area is 104 Å². The lowest BCUT2D eigenvalue weighted by atomic mass is 10.2. The van der Waals surface area contributed by atoms with Gasteiger partial charge < -0.3 is 10.1 Å². The fraction of sp³-hybridized carbons (Fsp3) is 0.455. The van der Waals surface area contributed by atoms with E-state index in [0.717, 1.165) is 10.2 Å². The van der Waals surface area contributed by atoms with Crippen molar-refractivity contribution < 1.29 is 4.74 Å². The van der Waals surface area contributed by atoms with E-state index in [1.165, 1.54) is 0 Å². The summed E-state index contributed by atoms with van der Waals surface area (Å²) in [6, 6.07) is 6.04. The van der Waals surface area contributed by atoms with Crippen LogP contribution in [0.2, 0.25) is 5.02 Å². The van der Waals surface area contributed by atoms with Crippen LogP contribution in [0.1, 0.15) is 13.8 Å². The minimum absolute atomic E-state index is 0.160. The molecule has 1 aromatic carbocycles. The molecule has 0 aliphatic heterocycles. The molecule has 4 heteroatoms. The largest absolute Gasteiger partial charge is 0.380 e. The number of anilines is 1. The molecule has 2 atom stereocenters. The summed E-state index contributed by atoms with van der Waals surface area (Å²) in [5.41, 5.74) is 1.000. The minimum Gasteiger partial charge on any atom is -0.380 e. The van der Waals surface area contributed by atoms with E-state index in [2.05, 4.69) is 28.2 Å². The van der Waals surface area contributed by atoms with E-state index in [-0.39, 0.29) is 12.1 Å². The number of nitrogens with one attached hydrogen (secondary N) is 1. The topological polar surface area (TPSA) is 21.3 Å². The maximum atomic E-state index is 5.99. The molecule has 0 aromatic heterocycles. The Balaban J connectivity index is 2.68. The lowest BCUT2D eigenvalue weighted by Crippen LogP contribution is -2.29. The molecule has 0 saturated heterocycles. The molecule has 0 saturated carbocycles. The van der Waals surface area contributed by atoms with Crippen LogP contribution in [-0.4, -0.2) is 19.3 Å². The van der Waals surface area contributed by atoms with Crippen LogP contribution < -0.4 is 5.32 Å². The van der Waals surface area contributed by atoms with Gasteiger partial charge in [-0.05, 0) is 48.0 Å². The van der Waals surface area contributed by atoms with Crippen molar-refractivity contribution in [2.45, 2.75) is 26.0 Å². The molecular formula is C11H15BrClNO. The Morgan fingerprint density at radius 2 is 2.07 bits per heavy atom. The molecule has 0 radical (unpaired) electrons. The first-order valence-electron chi connectivity index (χ1n) is 4.79. The van der Waals surface area contributed by atoms with Gasteiger partial charge in [0.05, 0.1) is 11.1 Å². The van der Waals surface area contributed by atoms with Crippen molar-refractivity contribution in [1.82, 2.24) is 0 Å². The molecule has 0 aliphatic rings. The lowest BCUT2D eigenvalue weighted by Gasteiger charge is -2.21. The SMILES string of the molecule is COC(C)C(C)Nc1ccc(Br)c(Cl)c1. The highest BCUT2D eigenvalue weighted by molar-refractivity contribution is 9.10. The minimum atomic E-state index is 0.160. The molecule has 0 fully saturated rings. The van der Waals surface area contributed by atoms with Crippen molar-refractivity contribution in [1.29, 1.82) is 0 Å². The summed E-state index contributed by atoms with van der Waals surface area (Å²) in [4.78, 5) is 0. The highest BCUT2D eigenvalue weighted by atomic mass is 79.9. The van der Waals surface area contributed by atoms with E-state index in [1.807, 2.05) is 25.1 Å². The van der Waals surface area contributed by atoms with Gasteiger partial charge in [0, 0.05) is 23.3 Å². The highest BCUT2D eigenvalue weighted by Crippen LogP contribution is 2.26. The van der Waals surface area contributed by atoms with Crippen LogP contribution in [0.15, 0.2) is 22.7 Å². The van der Waals surface area contributed by atoms with Crippen LogP contribution in [0, 0.1) is 0 Å². The molecule has 84 valence electrons. The van der Waals surface area contributed by atoms with Gasteiger partial charge in [0.2, 0.25) is 0 Å². The molecular weight excluding hydrogens is 277 g/mol. The number of hydrogen-bond donors (Lipinski definition) is 1. The fourth-order valence-electron chi connectivity index (χ4n) is 1.17. The molecule has 0 bridgehead atoms. The van der Waals surface area contributed by atoms with Crippen molar-refractivity contribution in [2.24, 2.45) is 0 Å². The smallest absolute Gasteiger partial charge is 0.0741 e. The number of methoxy groups -OCH3 is 1. The average molecular weight is 293 g/mol. The third kappa shape index (κ3) is 3.67. The van der Waals surface area contributed by atoms with Crippen LogP contribution in [-0.2, 0) is 4.74 Å². The van der Waals surface area contributed by atoms with E-state index < -0.39 is 0 Å². The molecule has 0 amide bonds. The fourth-order valence-corrected chi connectivity index (χ4v) is 1.60. The second kappa shape index (κ2) is 5.73. The van der Waals surface area contributed by atoms with Crippen molar-refractivity contribution >= 4 is 33.2 Å². The summed E-state index contributed by atoms with van der Waals surface area (Å²) in [5.74, 6) is 0. The van der Waals surface area contributed by atoms with E-state index in [1.54, 1.807) is 7.11 Å². The van der Waals surface area contributed by atoms with Crippen LogP contribution in [0.25, 0.3) is 0 Å². The summed E-state index contributed by atoms with van der Waals surface area (Å²) < 4.78 is 6.14. The van der Waals surface area contributed by atoms with Crippen LogP contribution in [0.3, 0.4) is 0 Å². The van der Waals surface area contributed by atoms with Crippen molar-refractivity contribution in [3.63, 3.8) is 0 Å². The van der Waals surface area contributed by atoms with Crippen LogP contribution in [0.5, 0.6) is 0 Å².